The quantitative estimate of drug-likeness (QED) is 0.896. The second-order valence-corrected chi connectivity index (χ2v) is 5.43. The summed E-state index contributed by atoms with van der Waals surface area (Å²) in [6.45, 7) is 5.76. The Morgan fingerprint density at radius 1 is 1.15 bits per heavy atom. The topological polar surface area (TPSA) is 73.6 Å². The van der Waals surface area contributed by atoms with Crippen LogP contribution < -0.4 is 20.5 Å². The summed E-state index contributed by atoms with van der Waals surface area (Å²) >= 11 is 0. The molecule has 0 aliphatic heterocycles. The average Bonchev–Trinajstić information content (AvgIpc) is 2.36. The summed E-state index contributed by atoms with van der Waals surface area (Å²) in [4.78, 5) is 12.0. The lowest BCUT2D eigenvalue weighted by Gasteiger charge is -2.25. The summed E-state index contributed by atoms with van der Waals surface area (Å²) in [7, 11) is 3.11. The highest BCUT2D eigenvalue weighted by atomic mass is 35.5. The Morgan fingerprint density at radius 3 is 1.95 bits per heavy atom. The van der Waals surface area contributed by atoms with Crippen molar-refractivity contribution in [3.05, 3.63) is 18.2 Å². The number of carbonyl (C=O) groups excluding carboxylic acids is 1. The van der Waals surface area contributed by atoms with E-state index in [0.717, 1.165) is 0 Å². The van der Waals surface area contributed by atoms with Gasteiger partial charge in [-0.15, -0.1) is 12.4 Å². The molecule has 0 bridgehead atoms. The first kappa shape index (κ1) is 18.5. The van der Waals surface area contributed by atoms with Crippen LogP contribution in [0, 0.1) is 5.41 Å². The van der Waals surface area contributed by atoms with Crippen LogP contribution in [0.5, 0.6) is 11.5 Å². The van der Waals surface area contributed by atoms with Gasteiger partial charge in [-0.2, -0.15) is 0 Å². The van der Waals surface area contributed by atoms with E-state index in [1.54, 1.807) is 32.4 Å². The first-order chi connectivity index (χ1) is 8.77. The van der Waals surface area contributed by atoms with Gasteiger partial charge in [-0.3, -0.25) is 4.79 Å². The molecule has 114 valence electrons. The number of nitrogens with two attached hydrogens (primary N) is 1. The number of halogens is 1. The molecule has 0 radical (unpaired) electrons. The van der Waals surface area contributed by atoms with Crippen LogP contribution >= 0.6 is 12.4 Å². The normalized spacial score (nSPS) is 12.1. The molecule has 5 nitrogen and oxygen atoms in total. The number of amides is 1. The zero-order valence-corrected chi connectivity index (χ0v) is 13.3. The molecule has 3 N–H and O–H groups in total. The third-order valence-corrected chi connectivity index (χ3v) is 2.83. The minimum Gasteiger partial charge on any atom is -0.497 e. The summed E-state index contributed by atoms with van der Waals surface area (Å²) in [5.41, 5.74) is 6.21. The van der Waals surface area contributed by atoms with Crippen LogP contribution in [0.2, 0.25) is 0 Å². The molecule has 6 heteroatoms. The Hall–Kier alpha value is -1.46. The molecule has 1 aromatic carbocycles. The number of benzene rings is 1. The Morgan fingerprint density at radius 2 is 1.60 bits per heavy atom. The van der Waals surface area contributed by atoms with Crippen LogP contribution in [-0.4, -0.2) is 26.2 Å². The van der Waals surface area contributed by atoms with Crippen molar-refractivity contribution < 1.29 is 14.3 Å². The molecule has 1 rings (SSSR count). The van der Waals surface area contributed by atoms with Crippen molar-refractivity contribution in [1.29, 1.82) is 0 Å². The van der Waals surface area contributed by atoms with Crippen LogP contribution in [0.1, 0.15) is 20.8 Å². The average molecular weight is 303 g/mol. The standard InChI is InChI=1S/C14H22N2O3.ClH/c1-14(2,3)12(15)13(17)16-9-6-10(18-4)8-11(7-9)19-5;/h6-8,12H,15H2,1-5H3,(H,16,17);1H/t12-;/m1./s1. The Balaban J connectivity index is 0.00000361. The molecule has 0 unspecified atom stereocenters. The molecule has 0 heterocycles. The van der Waals surface area contributed by atoms with E-state index in [1.807, 2.05) is 20.8 Å². The van der Waals surface area contributed by atoms with Crippen LogP contribution in [0.4, 0.5) is 5.69 Å². The zero-order valence-electron chi connectivity index (χ0n) is 12.5. The minimum atomic E-state index is -0.593. The highest BCUT2D eigenvalue weighted by molar-refractivity contribution is 5.95. The molecule has 20 heavy (non-hydrogen) atoms. The molecule has 0 fully saturated rings. The largest absolute Gasteiger partial charge is 0.497 e. The summed E-state index contributed by atoms with van der Waals surface area (Å²) in [5, 5.41) is 2.77. The third-order valence-electron chi connectivity index (χ3n) is 2.83. The van der Waals surface area contributed by atoms with Crippen molar-refractivity contribution >= 4 is 24.0 Å². The van der Waals surface area contributed by atoms with E-state index < -0.39 is 6.04 Å². The fraction of sp³-hybridized carbons (Fsp3) is 0.500. The molecule has 1 atom stereocenters. The van der Waals surface area contributed by atoms with Gasteiger partial charge in [-0.05, 0) is 5.41 Å². The van der Waals surface area contributed by atoms with Gasteiger partial charge in [0.25, 0.3) is 0 Å². The van der Waals surface area contributed by atoms with Crippen LogP contribution in [0.15, 0.2) is 18.2 Å². The smallest absolute Gasteiger partial charge is 0.241 e. The molecule has 1 aromatic rings. The van der Waals surface area contributed by atoms with Gasteiger partial charge in [0.15, 0.2) is 0 Å². The maximum absolute atomic E-state index is 12.0. The van der Waals surface area contributed by atoms with Gasteiger partial charge in [0.1, 0.15) is 11.5 Å². The van der Waals surface area contributed by atoms with Crippen LogP contribution in [0.25, 0.3) is 0 Å². The van der Waals surface area contributed by atoms with E-state index in [0.29, 0.717) is 17.2 Å². The van der Waals surface area contributed by atoms with Crippen molar-refractivity contribution in [2.45, 2.75) is 26.8 Å². The summed E-state index contributed by atoms with van der Waals surface area (Å²) < 4.78 is 10.3. The van der Waals surface area contributed by atoms with Crippen LogP contribution in [-0.2, 0) is 4.79 Å². The molecular weight excluding hydrogens is 280 g/mol. The van der Waals surface area contributed by atoms with E-state index in [2.05, 4.69) is 5.32 Å². The number of nitrogens with one attached hydrogen (secondary N) is 1. The Labute approximate surface area is 126 Å². The van der Waals surface area contributed by atoms with Gasteiger partial charge in [-0.1, -0.05) is 20.8 Å². The Bertz CT molecular complexity index is 436. The monoisotopic (exact) mass is 302 g/mol. The first-order valence-corrected chi connectivity index (χ1v) is 6.07. The molecule has 0 spiro atoms. The molecule has 1 amide bonds. The molecule has 0 saturated heterocycles. The van der Waals surface area contributed by atoms with Gasteiger partial charge in [0.05, 0.1) is 20.3 Å². The fourth-order valence-corrected chi connectivity index (χ4v) is 1.49. The number of rotatable bonds is 4. The van der Waals surface area contributed by atoms with Crippen LogP contribution in [0.3, 0.4) is 0 Å². The van der Waals surface area contributed by atoms with Gasteiger partial charge >= 0.3 is 0 Å². The second kappa shape index (κ2) is 7.36. The van der Waals surface area contributed by atoms with E-state index in [1.165, 1.54) is 0 Å². The first-order valence-electron chi connectivity index (χ1n) is 6.07. The number of hydrogen-bond acceptors (Lipinski definition) is 4. The maximum atomic E-state index is 12.0. The lowest BCUT2D eigenvalue weighted by molar-refractivity contribution is -0.119. The van der Waals surface area contributed by atoms with Crippen molar-refractivity contribution in [2.24, 2.45) is 11.1 Å². The number of methoxy groups -OCH3 is 2. The summed E-state index contributed by atoms with van der Waals surface area (Å²) in [5.74, 6) is 0.987. The minimum absolute atomic E-state index is 0. The third kappa shape index (κ3) is 4.90. The lowest BCUT2D eigenvalue weighted by Crippen LogP contribution is -2.45. The van der Waals surface area contributed by atoms with E-state index in [4.69, 9.17) is 15.2 Å². The second-order valence-electron chi connectivity index (χ2n) is 5.43. The molecule has 0 aromatic heterocycles. The number of ether oxygens (including phenoxy) is 2. The van der Waals surface area contributed by atoms with Gasteiger partial charge in [0.2, 0.25) is 5.91 Å². The maximum Gasteiger partial charge on any atom is 0.241 e. The molecule has 0 saturated carbocycles. The van der Waals surface area contributed by atoms with E-state index >= 15 is 0 Å². The molecule has 0 aliphatic carbocycles. The summed E-state index contributed by atoms with van der Waals surface area (Å²) in [6.07, 6.45) is 0. The van der Waals surface area contributed by atoms with Crippen molar-refractivity contribution in [3.63, 3.8) is 0 Å². The number of anilines is 1. The molecule has 0 aliphatic rings. The van der Waals surface area contributed by atoms with Gasteiger partial charge in [0, 0.05) is 23.9 Å². The predicted molar refractivity (Wildman–Crippen MR) is 82.9 cm³/mol. The Kier molecular flexibility index (Phi) is 6.82. The fourth-order valence-electron chi connectivity index (χ4n) is 1.49. The van der Waals surface area contributed by atoms with E-state index in [9.17, 15) is 4.79 Å². The number of carbonyl (C=O) groups is 1. The molecular formula is C14H23ClN2O3. The van der Waals surface area contributed by atoms with Gasteiger partial charge in [-0.25, -0.2) is 0 Å². The highest BCUT2D eigenvalue weighted by Gasteiger charge is 2.27. The van der Waals surface area contributed by atoms with Crippen molar-refractivity contribution in [1.82, 2.24) is 0 Å². The predicted octanol–water partition coefficient (Wildman–Crippen LogP) is 2.44. The highest BCUT2D eigenvalue weighted by Crippen LogP contribution is 2.26. The van der Waals surface area contributed by atoms with E-state index in [-0.39, 0.29) is 23.7 Å². The zero-order chi connectivity index (χ0) is 14.6. The van der Waals surface area contributed by atoms with Crippen molar-refractivity contribution in [3.8, 4) is 11.5 Å². The SMILES string of the molecule is COc1cc(NC(=O)[C@@H](N)C(C)(C)C)cc(OC)c1.Cl. The summed E-state index contributed by atoms with van der Waals surface area (Å²) in [6, 6.07) is 4.58. The van der Waals surface area contributed by atoms with Gasteiger partial charge < -0.3 is 20.5 Å². The van der Waals surface area contributed by atoms with Crippen molar-refractivity contribution in [2.75, 3.05) is 19.5 Å². The lowest BCUT2D eigenvalue weighted by atomic mass is 9.87. The number of hydrogen-bond donors (Lipinski definition) is 2.